The number of carbonyl (C=O) groups is 2. The van der Waals surface area contributed by atoms with Crippen LogP contribution >= 0.6 is 27.7 Å². The molecule has 4 aromatic carbocycles. The summed E-state index contributed by atoms with van der Waals surface area (Å²) in [6, 6.07) is 34.6. The number of thioether (sulfide) groups is 1. The van der Waals surface area contributed by atoms with Crippen molar-refractivity contribution in [2.24, 2.45) is 10.2 Å². The van der Waals surface area contributed by atoms with Crippen molar-refractivity contribution in [1.29, 1.82) is 0 Å². The highest BCUT2D eigenvalue weighted by molar-refractivity contribution is 9.10. The molecule has 6 rings (SSSR count). The van der Waals surface area contributed by atoms with Crippen molar-refractivity contribution >= 4 is 62.7 Å². The van der Waals surface area contributed by atoms with Crippen LogP contribution in [0.3, 0.4) is 0 Å². The summed E-state index contributed by atoms with van der Waals surface area (Å²) in [5.41, 5.74) is 5.52. The van der Waals surface area contributed by atoms with E-state index in [0.29, 0.717) is 32.8 Å². The molecule has 0 bridgehead atoms. The minimum absolute atomic E-state index is 0.192. The highest BCUT2D eigenvalue weighted by atomic mass is 79.9. The van der Waals surface area contributed by atoms with Gasteiger partial charge in [-0.3, -0.25) is 14.5 Å². The molecule has 0 unspecified atom stereocenters. The summed E-state index contributed by atoms with van der Waals surface area (Å²) in [6.07, 6.45) is 4.95. The van der Waals surface area contributed by atoms with Gasteiger partial charge in [-0.1, -0.05) is 88.2 Å². The Kier molecular flexibility index (Phi) is 10.1. The zero-order chi connectivity index (χ0) is 32.6. The maximum absolute atomic E-state index is 13.7. The predicted molar refractivity (Wildman–Crippen MR) is 191 cm³/mol. The van der Waals surface area contributed by atoms with Crippen LogP contribution in [-0.4, -0.2) is 34.7 Å². The molecule has 5 aromatic rings. The first-order valence-corrected chi connectivity index (χ1v) is 16.3. The number of aryl methyl sites for hydroxylation is 1. The Hall–Kier alpha value is -5.19. The van der Waals surface area contributed by atoms with Gasteiger partial charge in [0, 0.05) is 15.7 Å². The molecular weight excluding hydrogens is 676 g/mol. The van der Waals surface area contributed by atoms with E-state index in [0.717, 1.165) is 26.7 Å². The third-order valence-electron chi connectivity index (χ3n) is 7.10. The summed E-state index contributed by atoms with van der Waals surface area (Å²) in [7, 11) is 0. The Labute approximate surface area is 285 Å². The van der Waals surface area contributed by atoms with E-state index in [1.54, 1.807) is 36.8 Å². The van der Waals surface area contributed by atoms with Crippen molar-refractivity contribution in [3.8, 4) is 16.9 Å². The predicted octanol–water partition coefficient (Wildman–Crippen LogP) is 8.54. The van der Waals surface area contributed by atoms with Crippen LogP contribution in [0.2, 0.25) is 0 Å². The second-order valence-electron chi connectivity index (χ2n) is 10.6. The highest BCUT2D eigenvalue weighted by Crippen LogP contribution is 2.36. The van der Waals surface area contributed by atoms with Gasteiger partial charge >= 0.3 is 0 Å². The molecule has 1 saturated heterocycles. The van der Waals surface area contributed by atoms with E-state index in [4.69, 9.17) is 9.15 Å². The Morgan fingerprint density at radius 3 is 2.47 bits per heavy atom. The topological polar surface area (TPSA) is 96.5 Å². The lowest BCUT2D eigenvalue weighted by molar-refractivity contribution is -0.122. The van der Waals surface area contributed by atoms with Gasteiger partial charge < -0.3 is 14.5 Å². The fraction of sp³-hybridized carbons (Fsp3) is 0.0811. The van der Waals surface area contributed by atoms with E-state index in [1.807, 2.05) is 85.8 Å². The van der Waals surface area contributed by atoms with Gasteiger partial charge in [-0.2, -0.15) is 5.10 Å². The molecule has 0 radical (unpaired) electrons. The monoisotopic (exact) mass is 704 g/mol. The van der Waals surface area contributed by atoms with E-state index in [2.05, 4.69) is 43.6 Å². The second-order valence-corrected chi connectivity index (χ2v) is 12.5. The number of hydrogen-bond acceptors (Lipinski definition) is 7. The van der Waals surface area contributed by atoms with Crippen molar-refractivity contribution in [2.75, 3.05) is 11.9 Å². The molecule has 1 fully saturated rings. The minimum atomic E-state index is -0.298. The molecule has 2 amide bonds. The van der Waals surface area contributed by atoms with Crippen molar-refractivity contribution in [3.63, 3.8) is 0 Å². The molecule has 1 aromatic heterocycles. The standard InChI is InChI=1S/C37H29BrN4O4S/c1-25-9-16-31(17-10-25)40-35(43)24-46-33-18-15-30(38)20-29(33)21-34-36(44)42(23-32-8-5-19-45-32)37(47-34)41-39-22-26-11-13-28(14-12-26)27-6-3-2-4-7-27/h2-22H,23-24H2,1H3,(H,40,43)/b34-21-,39-22-,41-37+. The number of amides is 2. The fourth-order valence-corrected chi connectivity index (χ4v) is 6.00. The maximum atomic E-state index is 13.7. The number of nitrogens with zero attached hydrogens (tertiary/aromatic N) is 3. The summed E-state index contributed by atoms with van der Waals surface area (Å²) in [5, 5.41) is 12.0. The zero-order valence-corrected chi connectivity index (χ0v) is 27.7. The van der Waals surface area contributed by atoms with E-state index in [9.17, 15) is 9.59 Å². The van der Waals surface area contributed by atoms with Gasteiger partial charge in [0.15, 0.2) is 11.8 Å². The summed E-state index contributed by atoms with van der Waals surface area (Å²) >= 11 is 4.71. The average molecular weight is 706 g/mol. The van der Waals surface area contributed by atoms with Crippen LogP contribution in [0.5, 0.6) is 5.75 Å². The van der Waals surface area contributed by atoms with Crippen molar-refractivity contribution in [1.82, 2.24) is 4.90 Å². The number of rotatable bonds is 10. The third kappa shape index (κ3) is 8.35. The van der Waals surface area contributed by atoms with Gasteiger partial charge in [-0.25, -0.2) is 0 Å². The van der Waals surface area contributed by atoms with Crippen LogP contribution in [0.4, 0.5) is 5.69 Å². The zero-order valence-electron chi connectivity index (χ0n) is 25.3. The molecule has 0 atom stereocenters. The number of nitrogens with one attached hydrogen (secondary N) is 1. The number of ether oxygens (including phenoxy) is 1. The third-order valence-corrected chi connectivity index (χ3v) is 8.59. The minimum Gasteiger partial charge on any atom is -0.483 e. The number of carbonyl (C=O) groups excluding carboxylic acids is 2. The van der Waals surface area contributed by atoms with E-state index in [-0.39, 0.29) is 25.0 Å². The molecule has 0 aliphatic carbocycles. The molecule has 10 heteroatoms. The Balaban J connectivity index is 1.20. The number of anilines is 1. The normalized spacial score (nSPS) is 14.8. The Morgan fingerprint density at radius 2 is 1.72 bits per heavy atom. The lowest BCUT2D eigenvalue weighted by Gasteiger charge is -2.13. The maximum Gasteiger partial charge on any atom is 0.267 e. The molecule has 8 nitrogen and oxygen atoms in total. The van der Waals surface area contributed by atoms with Crippen LogP contribution in [0, 0.1) is 6.92 Å². The van der Waals surface area contributed by atoms with Gasteiger partial charge in [0.2, 0.25) is 0 Å². The lowest BCUT2D eigenvalue weighted by Crippen LogP contribution is -2.28. The first-order chi connectivity index (χ1) is 22.9. The van der Waals surface area contributed by atoms with E-state index < -0.39 is 0 Å². The Bertz CT molecular complexity index is 1960. The molecule has 2 heterocycles. The summed E-state index contributed by atoms with van der Waals surface area (Å²) < 4.78 is 12.2. The molecule has 234 valence electrons. The molecule has 1 N–H and O–H groups in total. The number of furan rings is 1. The molecule has 47 heavy (non-hydrogen) atoms. The smallest absolute Gasteiger partial charge is 0.267 e. The van der Waals surface area contributed by atoms with Crippen LogP contribution < -0.4 is 10.1 Å². The summed E-state index contributed by atoms with van der Waals surface area (Å²) in [5.74, 6) is 0.511. The van der Waals surface area contributed by atoms with Gasteiger partial charge in [0.05, 0.1) is 23.9 Å². The molecule has 1 aliphatic heterocycles. The quantitative estimate of drug-likeness (QED) is 0.0893. The molecular formula is C37H29BrN4O4S. The number of halogens is 1. The Morgan fingerprint density at radius 1 is 0.957 bits per heavy atom. The van der Waals surface area contributed by atoms with Gasteiger partial charge in [0.1, 0.15) is 11.5 Å². The fourth-order valence-electron chi connectivity index (χ4n) is 4.70. The summed E-state index contributed by atoms with van der Waals surface area (Å²) in [6.45, 7) is 1.97. The van der Waals surface area contributed by atoms with Crippen LogP contribution in [-0.2, 0) is 16.1 Å². The first-order valence-electron chi connectivity index (χ1n) is 14.7. The van der Waals surface area contributed by atoms with Crippen LogP contribution in [0.15, 0.2) is 139 Å². The SMILES string of the molecule is Cc1ccc(NC(=O)COc2ccc(Br)cc2/C=C2\S/C(=N/N=C\c3ccc(-c4ccccc4)cc3)N(Cc3ccco3)C2=O)cc1. The molecule has 0 spiro atoms. The highest BCUT2D eigenvalue weighted by Gasteiger charge is 2.34. The van der Waals surface area contributed by atoms with Gasteiger partial charge in [0.25, 0.3) is 11.8 Å². The molecule has 1 aliphatic rings. The van der Waals surface area contributed by atoms with E-state index in [1.165, 1.54) is 16.7 Å². The molecule has 0 saturated carbocycles. The van der Waals surface area contributed by atoms with Gasteiger partial charge in [-0.15, -0.1) is 5.10 Å². The largest absolute Gasteiger partial charge is 0.483 e. The van der Waals surface area contributed by atoms with Gasteiger partial charge in [-0.05, 0) is 83.9 Å². The van der Waals surface area contributed by atoms with Crippen LogP contribution in [0.25, 0.3) is 17.2 Å². The number of hydrogen-bond donors (Lipinski definition) is 1. The second kappa shape index (κ2) is 14.9. The van der Waals surface area contributed by atoms with Crippen molar-refractivity contribution < 1.29 is 18.7 Å². The lowest BCUT2D eigenvalue weighted by atomic mass is 10.0. The first kappa shape index (κ1) is 31.8. The van der Waals surface area contributed by atoms with Crippen molar-refractivity contribution in [3.05, 3.63) is 147 Å². The number of amidine groups is 1. The van der Waals surface area contributed by atoms with Crippen LogP contribution in [0.1, 0.15) is 22.5 Å². The van der Waals surface area contributed by atoms with E-state index >= 15 is 0 Å². The number of benzene rings is 4. The summed E-state index contributed by atoms with van der Waals surface area (Å²) in [4.78, 5) is 28.2. The average Bonchev–Trinajstić information content (AvgIpc) is 3.70. The van der Waals surface area contributed by atoms with Crippen molar-refractivity contribution in [2.45, 2.75) is 13.5 Å².